The summed E-state index contributed by atoms with van der Waals surface area (Å²) in [5.74, 6) is 3.10. The first-order valence-corrected chi connectivity index (χ1v) is 20.5. The van der Waals surface area contributed by atoms with Gasteiger partial charge in [0.25, 0.3) is 0 Å². The van der Waals surface area contributed by atoms with Crippen molar-refractivity contribution in [2.75, 3.05) is 0 Å². The summed E-state index contributed by atoms with van der Waals surface area (Å²) in [6, 6.07) is 41.3. The number of ether oxygens (including phenoxy) is 1. The predicted octanol–water partition coefficient (Wildman–Crippen LogP) is 14.7. The van der Waals surface area contributed by atoms with Gasteiger partial charge in [0.05, 0.1) is 26.9 Å². The van der Waals surface area contributed by atoms with Crippen LogP contribution in [0.15, 0.2) is 134 Å². The molecule has 4 heterocycles. The number of nitrogens with zero attached hydrogens (tertiary/aromatic N) is 4. The molecule has 4 aromatic heterocycles. The van der Waals surface area contributed by atoms with Crippen molar-refractivity contribution in [2.45, 2.75) is 66.1 Å². The lowest BCUT2D eigenvalue weighted by atomic mass is 9.84. The van der Waals surface area contributed by atoms with E-state index in [0.29, 0.717) is 23.1 Å². The van der Waals surface area contributed by atoms with Gasteiger partial charge in [0.1, 0.15) is 22.3 Å². The van der Waals surface area contributed by atoms with Crippen molar-refractivity contribution in [3.63, 3.8) is 0 Å². The van der Waals surface area contributed by atoms with Crippen LogP contribution in [-0.2, 0) is 0 Å². The molecule has 0 atom stereocenters. The second-order valence-corrected chi connectivity index (χ2v) is 16.7. The molecule has 0 radical (unpaired) electrons. The number of hydrogen-bond donors (Lipinski definition) is 0. The van der Waals surface area contributed by atoms with Gasteiger partial charge in [0.2, 0.25) is 0 Å². The van der Waals surface area contributed by atoms with Crippen LogP contribution in [0.2, 0.25) is 0 Å². The van der Waals surface area contributed by atoms with Crippen LogP contribution in [0.1, 0.15) is 85.7 Å². The van der Waals surface area contributed by atoms with E-state index in [9.17, 15) is 0 Å². The molecule has 5 nitrogen and oxygen atoms in total. The summed E-state index contributed by atoms with van der Waals surface area (Å²) in [5.41, 5.74) is 11.7. The third kappa shape index (κ3) is 6.78. The Labute approximate surface area is 342 Å². The molecule has 0 saturated heterocycles. The average molecular weight is 766 g/mol. The maximum Gasteiger partial charge on any atom is 0.147 e. The van der Waals surface area contributed by atoms with Crippen molar-refractivity contribution in [3.05, 3.63) is 156 Å². The normalized spacial score (nSPS) is 12.9. The topological polar surface area (TPSA) is 52.8 Å². The maximum absolute atomic E-state index is 7.90. The number of benzene rings is 5. The molecular formula is C51H46N4OS. The van der Waals surface area contributed by atoms with Crippen LogP contribution in [-0.4, -0.2) is 19.5 Å². The van der Waals surface area contributed by atoms with Crippen molar-refractivity contribution in [1.29, 1.82) is 0 Å². The molecule has 0 aliphatic carbocycles. The first kappa shape index (κ1) is 33.1. The van der Waals surface area contributed by atoms with Gasteiger partial charge in [-0.05, 0) is 107 Å². The second-order valence-electron chi connectivity index (χ2n) is 15.7. The van der Waals surface area contributed by atoms with Crippen LogP contribution in [0.25, 0.3) is 70.8 Å². The van der Waals surface area contributed by atoms with E-state index >= 15 is 0 Å². The summed E-state index contributed by atoms with van der Waals surface area (Å²) in [4.78, 5) is 14.9. The molecule has 282 valence electrons. The Morgan fingerprint density at radius 3 is 2.12 bits per heavy atom. The molecule has 57 heavy (non-hydrogen) atoms. The zero-order valence-corrected chi connectivity index (χ0v) is 33.9. The highest BCUT2D eigenvalue weighted by atomic mass is 32.1. The number of hydrogen-bond acceptors (Lipinski definition) is 5. The SMILES string of the molecule is [2H]C([2H])([2H])c1ccc(-c2cc(Oc3ccc4c5ccccc5n(-c5cc(-c6ccccc6)ccn5)c4c3)c3sc(-c4c(C(C)C)cc(C(C)C)cc4C(C)C)nc3c2)nc1. The quantitative estimate of drug-likeness (QED) is 0.147. The molecule has 0 N–H and O–H groups in total. The first-order valence-electron chi connectivity index (χ1n) is 21.2. The van der Waals surface area contributed by atoms with Gasteiger partial charge < -0.3 is 4.74 Å². The summed E-state index contributed by atoms with van der Waals surface area (Å²) in [5, 5.41) is 3.16. The van der Waals surface area contributed by atoms with E-state index in [1.807, 2.05) is 36.5 Å². The lowest BCUT2D eigenvalue weighted by molar-refractivity contribution is 0.490. The van der Waals surface area contributed by atoms with Gasteiger partial charge >= 0.3 is 0 Å². The minimum absolute atomic E-state index is 0.194. The third-order valence-electron chi connectivity index (χ3n) is 10.8. The molecule has 0 bridgehead atoms. The average Bonchev–Trinajstić information content (AvgIpc) is 3.82. The maximum atomic E-state index is 7.90. The largest absolute Gasteiger partial charge is 0.456 e. The summed E-state index contributed by atoms with van der Waals surface area (Å²) in [7, 11) is 0. The summed E-state index contributed by atoms with van der Waals surface area (Å²) in [6.45, 7) is 11.3. The fourth-order valence-corrected chi connectivity index (χ4v) is 8.92. The lowest BCUT2D eigenvalue weighted by Gasteiger charge is -2.21. The molecule has 0 spiro atoms. The zero-order chi connectivity index (χ0) is 41.9. The van der Waals surface area contributed by atoms with Gasteiger partial charge in [-0.25, -0.2) is 9.97 Å². The van der Waals surface area contributed by atoms with Gasteiger partial charge in [-0.1, -0.05) is 108 Å². The first-order chi connectivity index (χ1) is 28.8. The highest BCUT2D eigenvalue weighted by Crippen LogP contribution is 2.46. The third-order valence-corrected chi connectivity index (χ3v) is 11.9. The van der Waals surface area contributed by atoms with E-state index in [2.05, 4.69) is 130 Å². The monoisotopic (exact) mass is 765 g/mol. The van der Waals surface area contributed by atoms with E-state index in [4.69, 9.17) is 18.8 Å². The van der Waals surface area contributed by atoms with Crippen LogP contribution in [0, 0.1) is 6.85 Å². The van der Waals surface area contributed by atoms with Crippen molar-refractivity contribution in [3.8, 4) is 50.3 Å². The number of aromatic nitrogens is 4. The Hall–Kier alpha value is -6.11. The molecule has 0 amide bonds. The van der Waals surface area contributed by atoms with Gasteiger partial charge in [-0.15, -0.1) is 11.3 Å². The smallest absolute Gasteiger partial charge is 0.147 e. The molecule has 9 aromatic rings. The van der Waals surface area contributed by atoms with E-state index in [1.54, 1.807) is 23.5 Å². The molecule has 0 fully saturated rings. The van der Waals surface area contributed by atoms with E-state index in [0.717, 1.165) is 59.5 Å². The number of pyridine rings is 2. The van der Waals surface area contributed by atoms with Crippen molar-refractivity contribution in [1.82, 2.24) is 19.5 Å². The highest BCUT2D eigenvalue weighted by molar-refractivity contribution is 7.22. The van der Waals surface area contributed by atoms with Crippen LogP contribution in [0.3, 0.4) is 0 Å². The molecule has 0 aliphatic heterocycles. The molecule has 5 aromatic carbocycles. The van der Waals surface area contributed by atoms with Gasteiger partial charge in [0, 0.05) is 44.5 Å². The summed E-state index contributed by atoms with van der Waals surface area (Å²) in [6.07, 6.45) is 3.31. The number of para-hydroxylation sites is 1. The molecule has 0 aliphatic rings. The van der Waals surface area contributed by atoms with E-state index < -0.39 is 6.85 Å². The zero-order valence-electron chi connectivity index (χ0n) is 36.0. The number of fused-ring (bicyclic) bond motifs is 4. The van der Waals surface area contributed by atoms with Crippen molar-refractivity contribution in [2.24, 2.45) is 0 Å². The molecule has 6 heteroatoms. The van der Waals surface area contributed by atoms with Crippen LogP contribution in [0.4, 0.5) is 0 Å². The van der Waals surface area contributed by atoms with Gasteiger partial charge in [0.15, 0.2) is 0 Å². The van der Waals surface area contributed by atoms with Crippen LogP contribution < -0.4 is 4.74 Å². The Bertz CT molecular complexity index is 3010. The van der Waals surface area contributed by atoms with E-state index in [1.165, 1.54) is 28.5 Å². The molecule has 0 unspecified atom stereocenters. The van der Waals surface area contributed by atoms with Crippen LogP contribution >= 0.6 is 11.3 Å². The number of rotatable bonds is 9. The fraction of sp³-hybridized carbons (Fsp3) is 0.196. The van der Waals surface area contributed by atoms with E-state index in [-0.39, 0.29) is 17.4 Å². The minimum Gasteiger partial charge on any atom is -0.456 e. The van der Waals surface area contributed by atoms with Gasteiger partial charge in [-0.3, -0.25) is 9.55 Å². The fourth-order valence-electron chi connectivity index (χ4n) is 7.84. The van der Waals surface area contributed by atoms with Crippen molar-refractivity contribution < 1.29 is 8.85 Å². The minimum atomic E-state index is -2.25. The van der Waals surface area contributed by atoms with Gasteiger partial charge in [-0.2, -0.15) is 0 Å². The van der Waals surface area contributed by atoms with Crippen LogP contribution in [0.5, 0.6) is 11.5 Å². The number of aryl methyl sites for hydroxylation is 1. The Kier molecular flexibility index (Phi) is 8.56. The Morgan fingerprint density at radius 2 is 1.40 bits per heavy atom. The molecule has 0 saturated carbocycles. The summed E-state index contributed by atoms with van der Waals surface area (Å²) < 4.78 is 33.8. The standard InChI is InChI=1S/C51H46N4OS/c1-30(2)36-23-41(31(3)4)49(42(24-36)32(5)6)51-54-44-25-37(43-20-17-33(7)29-53-43)26-47(50(44)57-51)56-38-18-19-40-39-15-11-12-16-45(39)55(46(40)28-38)48-27-35(21-22-52-48)34-13-9-8-10-14-34/h8-32H,1-7H3/i7D3. The highest BCUT2D eigenvalue weighted by Gasteiger charge is 2.23. The summed E-state index contributed by atoms with van der Waals surface area (Å²) >= 11 is 1.64. The lowest BCUT2D eigenvalue weighted by Crippen LogP contribution is -2.03. The predicted molar refractivity (Wildman–Crippen MR) is 239 cm³/mol. The Balaban J connectivity index is 1.23. The molecular weight excluding hydrogens is 717 g/mol. The molecule has 9 rings (SSSR count). The Morgan fingerprint density at radius 1 is 0.649 bits per heavy atom. The number of thiazole rings is 1. The second kappa shape index (κ2) is 14.8. The van der Waals surface area contributed by atoms with Crippen molar-refractivity contribution >= 4 is 43.4 Å².